The van der Waals surface area contributed by atoms with E-state index in [-0.39, 0.29) is 11.2 Å². The summed E-state index contributed by atoms with van der Waals surface area (Å²) < 4.78 is 2.02. The van der Waals surface area contributed by atoms with Crippen LogP contribution in [0.3, 0.4) is 0 Å². The Balaban J connectivity index is 1.64. The highest BCUT2D eigenvalue weighted by atomic mass is 35.5. The van der Waals surface area contributed by atoms with Gasteiger partial charge in [0.15, 0.2) is 4.34 Å². The zero-order valence-electron chi connectivity index (χ0n) is 11.8. The lowest BCUT2D eigenvalue weighted by molar-refractivity contribution is -0.120. The van der Waals surface area contributed by atoms with E-state index in [0.717, 1.165) is 27.4 Å². The summed E-state index contributed by atoms with van der Waals surface area (Å²) in [5, 5.41) is 3.71. The standard InChI is InChI=1S/C15H17ClN2OS2/c1-9(14(19)17-11-4-2-3-5-11)20-15-18-12-8-10(16)6-7-13(12)21-15/h6-9,11H,2-5H2,1H3,(H,17,19)/t9-/m0/s1. The topological polar surface area (TPSA) is 42.0 Å². The van der Waals surface area contributed by atoms with Gasteiger partial charge in [-0.25, -0.2) is 4.98 Å². The molecule has 1 heterocycles. The van der Waals surface area contributed by atoms with Crippen molar-refractivity contribution in [2.45, 2.75) is 48.2 Å². The van der Waals surface area contributed by atoms with E-state index in [0.29, 0.717) is 11.1 Å². The van der Waals surface area contributed by atoms with Gasteiger partial charge in [0, 0.05) is 11.1 Å². The molecule has 3 nitrogen and oxygen atoms in total. The lowest BCUT2D eigenvalue weighted by Gasteiger charge is -2.15. The van der Waals surface area contributed by atoms with Crippen molar-refractivity contribution in [2.75, 3.05) is 0 Å². The van der Waals surface area contributed by atoms with Crippen LogP contribution in [0.1, 0.15) is 32.6 Å². The molecule has 1 amide bonds. The second-order valence-electron chi connectivity index (χ2n) is 5.34. The Hall–Kier alpha value is -0.780. The van der Waals surface area contributed by atoms with E-state index in [1.54, 1.807) is 11.3 Å². The predicted molar refractivity (Wildman–Crippen MR) is 90.3 cm³/mol. The maximum absolute atomic E-state index is 12.2. The van der Waals surface area contributed by atoms with Gasteiger partial charge in [0.05, 0.1) is 15.5 Å². The highest BCUT2D eigenvalue weighted by Gasteiger charge is 2.22. The second kappa shape index (κ2) is 6.55. The van der Waals surface area contributed by atoms with Gasteiger partial charge in [0.2, 0.25) is 5.91 Å². The largest absolute Gasteiger partial charge is 0.352 e. The predicted octanol–water partition coefficient (Wildman–Crippen LogP) is 4.49. The zero-order valence-corrected chi connectivity index (χ0v) is 14.2. The van der Waals surface area contributed by atoms with Crippen molar-refractivity contribution < 1.29 is 4.79 Å². The van der Waals surface area contributed by atoms with Crippen LogP contribution < -0.4 is 5.32 Å². The fourth-order valence-corrected chi connectivity index (χ4v) is 4.89. The minimum absolute atomic E-state index is 0.115. The Kier molecular flexibility index (Phi) is 4.72. The van der Waals surface area contributed by atoms with Gasteiger partial charge in [-0.15, -0.1) is 11.3 Å². The van der Waals surface area contributed by atoms with Crippen molar-refractivity contribution in [3.05, 3.63) is 23.2 Å². The zero-order chi connectivity index (χ0) is 14.8. The molecule has 0 saturated heterocycles. The van der Waals surface area contributed by atoms with Crippen molar-refractivity contribution in [1.29, 1.82) is 0 Å². The molecule has 6 heteroatoms. The lowest BCUT2D eigenvalue weighted by Crippen LogP contribution is -2.37. The smallest absolute Gasteiger partial charge is 0.233 e. The number of hydrogen-bond donors (Lipinski definition) is 1. The number of carbonyl (C=O) groups is 1. The molecule has 2 aromatic rings. The van der Waals surface area contributed by atoms with E-state index in [1.165, 1.54) is 24.6 Å². The van der Waals surface area contributed by atoms with Crippen molar-refractivity contribution >= 4 is 50.8 Å². The minimum atomic E-state index is -0.123. The molecule has 1 N–H and O–H groups in total. The molecule has 0 radical (unpaired) electrons. The van der Waals surface area contributed by atoms with E-state index >= 15 is 0 Å². The summed E-state index contributed by atoms with van der Waals surface area (Å²) in [6, 6.07) is 6.07. The fourth-order valence-electron chi connectivity index (χ4n) is 2.52. The van der Waals surface area contributed by atoms with Gasteiger partial charge in [-0.1, -0.05) is 36.2 Å². The quantitative estimate of drug-likeness (QED) is 0.834. The first-order valence-corrected chi connectivity index (χ1v) is 9.22. The van der Waals surface area contributed by atoms with Crippen LogP contribution in [0.4, 0.5) is 0 Å². The summed E-state index contributed by atoms with van der Waals surface area (Å²) >= 11 is 9.10. The third kappa shape index (κ3) is 3.71. The van der Waals surface area contributed by atoms with Crippen LogP contribution in [0.2, 0.25) is 5.02 Å². The van der Waals surface area contributed by atoms with Crippen molar-refractivity contribution in [1.82, 2.24) is 10.3 Å². The first kappa shape index (κ1) is 15.1. The number of nitrogens with one attached hydrogen (secondary N) is 1. The number of rotatable bonds is 4. The van der Waals surface area contributed by atoms with Gasteiger partial charge in [0.25, 0.3) is 0 Å². The van der Waals surface area contributed by atoms with E-state index in [9.17, 15) is 4.79 Å². The van der Waals surface area contributed by atoms with Crippen molar-refractivity contribution in [2.24, 2.45) is 0 Å². The van der Waals surface area contributed by atoms with Crippen molar-refractivity contribution in [3.63, 3.8) is 0 Å². The van der Waals surface area contributed by atoms with E-state index in [2.05, 4.69) is 10.3 Å². The molecule has 0 spiro atoms. The molecule has 3 rings (SSSR count). The van der Waals surface area contributed by atoms with Gasteiger partial charge in [0.1, 0.15) is 0 Å². The summed E-state index contributed by atoms with van der Waals surface area (Å²) in [5.74, 6) is 0.115. The first-order valence-electron chi connectivity index (χ1n) is 7.15. The molecular formula is C15H17ClN2OS2. The molecule has 0 bridgehead atoms. The number of amides is 1. The molecule has 1 aliphatic rings. The Morgan fingerprint density at radius 1 is 1.48 bits per heavy atom. The fraction of sp³-hybridized carbons (Fsp3) is 0.467. The van der Waals surface area contributed by atoms with Crippen LogP contribution in [0.5, 0.6) is 0 Å². The van der Waals surface area contributed by atoms with Crippen LogP contribution in [-0.2, 0) is 4.79 Å². The first-order chi connectivity index (χ1) is 10.1. The highest BCUT2D eigenvalue weighted by molar-refractivity contribution is 8.02. The number of halogens is 1. The summed E-state index contributed by atoms with van der Waals surface area (Å²) in [7, 11) is 0. The molecule has 1 saturated carbocycles. The lowest BCUT2D eigenvalue weighted by atomic mass is 10.2. The number of fused-ring (bicyclic) bond motifs is 1. The molecule has 1 atom stereocenters. The molecule has 21 heavy (non-hydrogen) atoms. The Bertz CT molecular complexity index is 652. The number of hydrogen-bond acceptors (Lipinski definition) is 4. The maximum Gasteiger partial charge on any atom is 0.233 e. The molecule has 0 unspecified atom stereocenters. The molecule has 1 aromatic heterocycles. The molecule has 112 valence electrons. The summed E-state index contributed by atoms with van der Waals surface area (Å²) in [6.45, 7) is 1.94. The number of aromatic nitrogens is 1. The summed E-state index contributed by atoms with van der Waals surface area (Å²) in [5.41, 5.74) is 0.901. The molecule has 1 aromatic carbocycles. The summed E-state index contributed by atoms with van der Waals surface area (Å²) in [4.78, 5) is 16.7. The van der Waals surface area contributed by atoms with Crippen LogP contribution in [0.15, 0.2) is 22.5 Å². The Labute approximate surface area is 137 Å². The third-order valence-corrected chi connectivity index (χ3v) is 6.14. The molecule has 1 aliphatic carbocycles. The number of benzene rings is 1. The van der Waals surface area contributed by atoms with Crippen LogP contribution >= 0.6 is 34.7 Å². The third-order valence-electron chi connectivity index (χ3n) is 3.68. The van der Waals surface area contributed by atoms with Gasteiger partial charge < -0.3 is 5.32 Å². The number of carbonyl (C=O) groups excluding carboxylic acids is 1. The maximum atomic E-state index is 12.2. The van der Waals surface area contributed by atoms with Crippen LogP contribution in [-0.4, -0.2) is 22.2 Å². The molecular weight excluding hydrogens is 324 g/mol. The van der Waals surface area contributed by atoms with E-state index in [4.69, 9.17) is 11.6 Å². The molecule has 1 fully saturated rings. The van der Waals surface area contributed by atoms with Gasteiger partial charge in [-0.3, -0.25) is 4.79 Å². The van der Waals surface area contributed by atoms with Gasteiger partial charge >= 0.3 is 0 Å². The van der Waals surface area contributed by atoms with Crippen LogP contribution in [0, 0.1) is 0 Å². The SMILES string of the molecule is C[C@H](Sc1nc2cc(Cl)ccc2s1)C(=O)NC1CCCC1. The number of nitrogens with zero attached hydrogens (tertiary/aromatic N) is 1. The summed E-state index contributed by atoms with van der Waals surface area (Å²) in [6.07, 6.45) is 4.68. The Morgan fingerprint density at radius 3 is 3.00 bits per heavy atom. The molecule has 0 aliphatic heterocycles. The average molecular weight is 341 g/mol. The monoisotopic (exact) mass is 340 g/mol. The van der Waals surface area contributed by atoms with Gasteiger partial charge in [-0.05, 0) is 38.0 Å². The normalized spacial score (nSPS) is 17.2. The second-order valence-corrected chi connectivity index (χ2v) is 8.40. The number of thiazole rings is 1. The van der Waals surface area contributed by atoms with E-state index < -0.39 is 0 Å². The highest BCUT2D eigenvalue weighted by Crippen LogP contribution is 2.33. The average Bonchev–Trinajstić information content (AvgIpc) is 3.07. The number of thioether (sulfide) groups is 1. The van der Waals surface area contributed by atoms with Gasteiger partial charge in [-0.2, -0.15) is 0 Å². The van der Waals surface area contributed by atoms with E-state index in [1.807, 2.05) is 25.1 Å². The Morgan fingerprint density at radius 2 is 2.24 bits per heavy atom. The van der Waals surface area contributed by atoms with Crippen molar-refractivity contribution in [3.8, 4) is 0 Å². The van der Waals surface area contributed by atoms with Crippen LogP contribution in [0.25, 0.3) is 10.2 Å². The minimum Gasteiger partial charge on any atom is -0.352 e.